The minimum Gasteiger partial charge on any atom is -0.493 e. The number of hydrogen-bond acceptors (Lipinski definition) is 6. The summed E-state index contributed by atoms with van der Waals surface area (Å²) in [6, 6.07) is 25.4. The van der Waals surface area contributed by atoms with E-state index in [1.807, 2.05) is 85.8 Å². The molecule has 0 fully saturated rings. The quantitative estimate of drug-likeness (QED) is 0.191. The van der Waals surface area contributed by atoms with Crippen LogP contribution in [-0.4, -0.2) is 12.7 Å². The zero-order valence-electron chi connectivity index (χ0n) is 24.4. The predicted octanol–water partition coefficient (Wildman–Crippen LogP) is 8.04. The smallest absolute Gasteiger partial charge is 0.204 e. The summed E-state index contributed by atoms with van der Waals surface area (Å²) < 4.78 is 30.7. The molecule has 0 spiro atoms. The summed E-state index contributed by atoms with van der Waals surface area (Å²) in [6.45, 7) is 6.80. The molecule has 0 bridgehead atoms. The van der Waals surface area contributed by atoms with Gasteiger partial charge >= 0.3 is 0 Å². The Morgan fingerprint density at radius 3 is 2.17 bits per heavy atom. The minimum atomic E-state index is -0.324. The zero-order chi connectivity index (χ0) is 29.3. The Hall–Kier alpha value is -4.71. The molecule has 0 N–H and O–H groups in total. The summed E-state index contributed by atoms with van der Waals surface area (Å²) in [5.41, 5.74) is 4.87. The van der Waals surface area contributed by atoms with Crippen molar-refractivity contribution in [1.82, 2.24) is 0 Å². The molecule has 5 aromatic rings. The van der Waals surface area contributed by atoms with E-state index in [0.717, 1.165) is 35.1 Å². The third-order valence-corrected chi connectivity index (χ3v) is 7.71. The molecule has 0 atom stereocenters. The van der Waals surface area contributed by atoms with E-state index in [1.54, 1.807) is 7.11 Å². The van der Waals surface area contributed by atoms with Gasteiger partial charge in [0.1, 0.15) is 47.5 Å². The molecule has 0 saturated heterocycles. The van der Waals surface area contributed by atoms with Crippen LogP contribution in [-0.2, 0) is 19.6 Å². The van der Waals surface area contributed by atoms with Crippen LogP contribution in [0.25, 0.3) is 22.1 Å². The van der Waals surface area contributed by atoms with Crippen LogP contribution in [0.4, 0.5) is 0 Å². The third-order valence-electron chi connectivity index (χ3n) is 7.71. The van der Waals surface area contributed by atoms with Crippen molar-refractivity contribution < 1.29 is 23.4 Å². The molecule has 2 heterocycles. The molecule has 4 aromatic carbocycles. The first-order valence-electron chi connectivity index (χ1n) is 14.2. The monoisotopic (exact) mass is 562 g/mol. The number of methoxy groups -OCH3 is 1. The maximum atomic E-state index is 14.3. The molecule has 0 saturated carbocycles. The van der Waals surface area contributed by atoms with Crippen LogP contribution in [0.15, 0.2) is 94.3 Å². The fourth-order valence-electron chi connectivity index (χ4n) is 5.41. The van der Waals surface area contributed by atoms with Gasteiger partial charge in [-0.05, 0) is 68.0 Å². The second-order valence-corrected chi connectivity index (χ2v) is 11.3. The fraction of sp³-hybridized carbons (Fsp3) is 0.250. The number of hydrogen-bond donors (Lipinski definition) is 0. The summed E-state index contributed by atoms with van der Waals surface area (Å²) >= 11 is 0. The topological polar surface area (TPSA) is 67.1 Å². The lowest BCUT2D eigenvalue weighted by Gasteiger charge is -2.33. The molecule has 6 rings (SSSR count). The van der Waals surface area contributed by atoms with Crippen molar-refractivity contribution in [2.75, 3.05) is 7.11 Å². The molecule has 1 aromatic heterocycles. The van der Waals surface area contributed by atoms with E-state index >= 15 is 0 Å². The first-order chi connectivity index (χ1) is 20.3. The largest absolute Gasteiger partial charge is 0.493 e. The lowest BCUT2D eigenvalue weighted by molar-refractivity contribution is 0.0834. The Morgan fingerprint density at radius 1 is 0.833 bits per heavy atom. The van der Waals surface area contributed by atoms with Crippen LogP contribution in [0.1, 0.15) is 42.5 Å². The van der Waals surface area contributed by atoms with Crippen molar-refractivity contribution in [2.45, 2.75) is 52.4 Å². The number of ether oxygens (including phenoxy) is 4. The Bertz CT molecular complexity index is 1790. The molecular weight excluding hydrogens is 528 g/mol. The van der Waals surface area contributed by atoms with Crippen molar-refractivity contribution in [3.63, 3.8) is 0 Å². The molecule has 0 amide bonds. The van der Waals surface area contributed by atoms with E-state index in [2.05, 4.69) is 13.8 Å². The normalized spacial score (nSPS) is 13.7. The highest BCUT2D eigenvalue weighted by Gasteiger charge is 2.31. The van der Waals surface area contributed by atoms with Gasteiger partial charge in [-0.15, -0.1) is 0 Å². The summed E-state index contributed by atoms with van der Waals surface area (Å²) in [7, 11) is 1.59. The number of aryl methyl sites for hydroxylation is 1. The number of fused-ring (bicyclic) bond motifs is 2. The first-order valence-corrected chi connectivity index (χ1v) is 14.2. The number of rotatable bonds is 8. The molecule has 1 aliphatic heterocycles. The van der Waals surface area contributed by atoms with Gasteiger partial charge in [-0.2, -0.15) is 0 Å². The minimum absolute atomic E-state index is 0.171. The third kappa shape index (κ3) is 5.45. The van der Waals surface area contributed by atoms with Crippen molar-refractivity contribution in [2.24, 2.45) is 0 Å². The van der Waals surface area contributed by atoms with Crippen LogP contribution in [0.5, 0.6) is 23.0 Å². The zero-order valence-corrected chi connectivity index (χ0v) is 24.4. The summed E-state index contributed by atoms with van der Waals surface area (Å²) in [6.07, 6.45) is 3.05. The average Bonchev–Trinajstić information content (AvgIpc) is 2.99. The van der Waals surface area contributed by atoms with Crippen LogP contribution in [0.2, 0.25) is 0 Å². The summed E-state index contributed by atoms with van der Waals surface area (Å²) in [5, 5.41) is 0.410. The van der Waals surface area contributed by atoms with E-state index in [0.29, 0.717) is 58.3 Å². The maximum Gasteiger partial charge on any atom is 0.204 e. The number of benzene rings is 4. The van der Waals surface area contributed by atoms with Crippen molar-refractivity contribution in [1.29, 1.82) is 0 Å². The van der Waals surface area contributed by atoms with Crippen molar-refractivity contribution in [3.8, 4) is 34.1 Å². The standard InChI is InChI=1S/C36H34O6/c1-23-17-31(39-20-24-11-7-5-8-12-24)30(38-4)18-27(23)28-22-40-32-19-29-26(15-16-36(2,3)42-29)35(33(32)34(28)37)41-21-25-13-9-6-10-14-25/h5-14,17-19,22H,15-16,20-21H2,1-4H3. The maximum absolute atomic E-state index is 14.3. The molecule has 42 heavy (non-hydrogen) atoms. The van der Waals surface area contributed by atoms with Crippen LogP contribution < -0.4 is 24.4 Å². The van der Waals surface area contributed by atoms with Gasteiger partial charge in [-0.3, -0.25) is 4.79 Å². The Kier molecular flexibility index (Phi) is 7.38. The van der Waals surface area contributed by atoms with Gasteiger partial charge in [0.15, 0.2) is 11.5 Å². The Balaban J connectivity index is 1.44. The van der Waals surface area contributed by atoms with E-state index in [9.17, 15) is 4.79 Å². The highest BCUT2D eigenvalue weighted by Crippen LogP contribution is 2.44. The summed E-state index contributed by atoms with van der Waals surface area (Å²) in [5.74, 6) is 2.35. The van der Waals surface area contributed by atoms with Gasteiger partial charge < -0.3 is 23.4 Å². The second kappa shape index (κ2) is 11.3. The van der Waals surface area contributed by atoms with Gasteiger partial charge in [0.05, 0.1) is 12.7 Å². The molecule has 0 aliphatic carbocycles. The molecule has 0 radical (unpaired) electrons. The van der Waals surface area contributed by atoms with Crippen LogP contribution in [0.3, 0.4) is 0 Å². The van der Waals surface area contributed by atoms with E-state index in [1.165, 1.54) is 6.26 Å². The SMILES string of the molecule is COc1cc(-c2coc3cc4c(c(OCc5ccccc5)c3c2=O)CCC(C)(C)O4)c(C)cc1OCc1ccccc1. The highest BCUT2D eigenvalue weighted by atomic mass is 16.5. The fourth-order valence-corrected chi connectivity index (χ4v) is 5.41. The predicted molar refractivity (Wildman–Crippen MR) is 164 cm³/mol. The lowest BCUT2D eigenvalue weighted by Crippen LogP contribution is -2.33. The van der Waals surface area contributed by atoms with Gasteiger partial charge in [0, 0.05) is 11.6 Å². The van der Waals surface area contributed by atoms with Crippen LogP contribution in [0, 0.1) is 6.92 Å². The molecule has 0 unspecified atom stereocenters. The van der Waals surface area contributed by atoms with E-state index in [-0.39, 0.29) is 11.0 Å². The van der Waals surface area contributed by atoms with Gasteiger partial charge in [-0.25, -0.2) is 0 Å². The average molecular weight is 563 g/mol. The Labute approximate surface area is 245 Å². The highest BCUT2D eigenvalue weighted by molar-refractivity contribution is 5.91. The van der Waals surface area contributed by atoms with Gasteiger partial charge in [0.25, 0.3) is 0 Å². The van der Waals surface area contributed by atoms with Crippen molar-refractivity contribution >= 4 is 11.0 Å². The van der Waals surface area contributed by atoms with Crippen molar-refractivity contribution in [3.05, 3.63) is 118 Å². The lowest BCUT2D eigenvalue weighted by atomic mass is 9.92. The summed E-state index contributed by atoms with van der Waals surface area (Å²) in [4.78, 5) is 14.3. The van der Waals surface area contributed by atoms with E-state index < -0.39 is 0 Å². The van der Waals surface area contributed by atoms with E-state index in [4.69, 9.17) is 23.4 Å². The van der Waals surface area contributed by atoms with Gasteiger partial charge in [-0.1, -0.05) is 60.7 Å². The second-order valence-electron chi connectivity index (χ2n) is 11.3. The molecular formula is C36H34O6. The first kappa shape index (κ1) is 27.5. The Morgan fingerprint density at radius 2 is 1.50 bits per heavy atom. The van der Waals surface area contributed by atoms with Crippen LogP contribution >= 0.6 is 0 Å². The molecule has 6 nitrogen and oxygen atoms in total. The molecule has 1 aliphatic rings. The van der Waals surface area contributed by atoms with Gasteiger partial charge in [0.2, 0.25) is 5.43 Å². The molecule has 214 valence electrons. The molecule has 6 heteroatoms.